The highest BCUT2D eigenvalue weighted by Crippen LogP contribution is 2.50. The molecule has 0 radical (unpaired) electrons. The van der Waals surface area contributed by atoms with E-state index in [-0.39, 0.29) is 11.8 Å². The number of carbonyl (C=O) groups excluding carboxylic acids is 1. The third-order valence-corrected chi connectivity index (χ3v) is 6.98. The number of rotatable bonds is 6. The van der Waals surface area contributed by atoms with Gasteiger partial charge in [0.25, 0.3) is 0 Å². The Morgan fingerprint density at radius 1 is 1.09 bits per heavy atom. The summed E-state index contributed by atoms with van der Waals surface area (Å²) in [7, 11) is 0. The number of pyridine rings is 2. The number of hydrogen-bond donors (Lipinski definition) is 0. The first-order chi connectivity index (χ1) is 15.5. The summed E-state index contributed by atoms with van der Waals surface area (Å²) < 4.78 is 2.14. The number of imidazole rings is 1. The fourth-order valence-electron chi connectivity index (χ4n) is 5.26. The molecule has 0 bridgehead atoms. The monoisotopic (exact) mass is 430 g/mol. The van der Waals surface area contributed by atoms with Gasteiger partial charge in [-0.1, -0.05) is 6.07 Å². The Morgan fingerprint density at radius 2 is 1.94 bits per heavy atom. The van der Waals surface area contributed by atoms with E-state index in [0.29, 0.717) is 12.6 Å². The molecule has 0 aromatic carbocycles. The zero-order chi connectivity index (χ0) is 22.1. The molecule has 2 atom stereocenters. The minimum atomic E-state index is -0.425. The van der Waals surface area contributed by atoms with Crippen LogP contribution in [0, 0.1) is 5.41 Å². The number of nitrogens with zero attached hydrogens (tertiary/aromatic N) is 6. The van der Waals surface area contributed by atoms with Crippen LogP contribution in [0.15, 0.2) is 61.6 Å². The van der Waals surface area contributed by atoms with Crippen LogP contribution in [0.5, 0.6) is 0 Å². The van der Waals surface area contributed by atoms with Crippen LogP contribution < -0.4 is 0 Å². The first kappa shape index (κ1) is 20.8. The Balaban J connectivity index is 1.43. The highest BCUT2D eigenvalue weighted by molar-refractivity contribution is 5.86. The summed E-state index contributed by atoms with van der Waals surface area (Å²) in [5.41, 5.74) is 2.91. The maximum Gasteiger partial charge on any atom is 0.231 e. The molecule has 0 saturated carbocycles. The second-order valence-electron chi connectivity index (χ2n) is 9.41. The van der Waals surface area contributed by atoms with Crippen molar-refractivity contribution < 1.29 is 4.79 Å². The van der Waals surface area contributed by atoms with Crippen molar-refractivity contribution in [3.8, 4) is 0 Å². The molecule has 0 N–H and O–H groups in total. The van der Waals surface area contributed by atoms with E-state index in [9.17, 15) is 4.79 Å². The molecule has 0 unspecified atom stereocenters. The van der Waals surface area contributed by atoms with Crippen LogP contribution in [0.3, 0.4) is 0 Å². The van der Waals surface area contributed by atoms with Crippen molar-refractivity contribution >= 4 is 5.91 Å². The van der Waals surface area contributed by atoms with Gasteiger partial charge in [0, 0.05) is 75.7 Å². The molecule has 3 aromatic rings. The van der Waals surface area contributed by atoms with Crippen molar-refractivity contribution in [2.45, 2.75) is 45.3 Å². The fraction of sp³-hybridized carbons (Fsp3) is 0.440. The van der Waals surface area contributed by atoms with E-state index < -0.39 is 5.41 Å². The highest BCUT2D eigenvalue weighted by Gasteiger charge is 2.57. The van der Waals surface area contributed by atoms with Gasteiger partial charge in [0.05, 0.1) is 17.4 Å². The molecule has 7 heteroatoms. The Morgan fingerprint density at radius 3 is 2.66 bits per heavy atom. The van der Waals surface area contributed by atoms with E-state index in [1.807, 2.05) is 42.0 Å². The zero-order valence-corrected chi connectivity index (χ0v) is 18.8. The van der Waals surface area contributed by atoms with E-state index in [1.165, 1.54) is 5.56 Å². The van der Waals surface area contributed by atoms with Crippen LogP contribution in [0.2, 0.25) is 0 Å². The van der Waals surface area contributed by atoms with Gasteiger partial charge in [-0.3, -0.25) is 19.7 Å². The Bertz CT molecular complexity index is 1070. The van der Waals surface area contributed by atoms with Crippen LogP contribution in [-0.4, -0.2) is 54.9 Å². The number of likely N-dealkylation sites (tertiary alicyclic amines) is 2. The van der Waals surface area contributed by atoms with E-state index in [2.05, 4.69) is 51.6 Å². The van der Waals surface area contributed by atoms with Gasteiger partial charge in [0.15, 0.2) is 0 Å². The Hall–Kier alpha value is -3.06. The minimum Gasteiger partial charge on any atom is -0.338 e. The van der Waals surface area contributed by atoms with E-state index in [4.69, 9.17) is 4.98 Å². The molecule has 2 aliphatic heterocycles. The molecule has 0 aliphatic carbocycles. The maximum absolute atomic E-state index is 13.9. The van der Waals surface area contributed by atoms with Gasteiger partial charge < -0.3 is 9.47 Å². The van der Waals surface area contributed by atoms with Gasteiger partial charge in [0.2, 0.25) is 5.91 Å². The molecule has 2 saturated heterocycles. The Labute approximate surface area is 189 Å². The Kier molecular flexibility index (Phi) is 5.51. The van der Waals surface area contributed by atoms with Crippen molar-refractivity contribution in [3.05, 3.63) is 78.4 Å². The molecule has 32 heavy (non-hydrogen) atoms. The molecule has 2 aliphatic rings. The quantitative estimate of drug-likeness (QED) is 0.600. The largest absolute Gasteiger partial charge is 0.338 e. The van der Waals surface area contributed by atoms with E-state index >= 15 is 0 Å². The first-order valence-corrected chi connectivity index (χ1v) is 11.4. The van der Waals surface area contributed by atoms with Crippen LogP contribution in [0.1, 0.15) is 49.0 Å². The SMILES string of the molecule is CC(C)n1cnc([C@H]2CN(Cc3ccncc3)C[C@]23CCN(Cc2cccnc2)C3=O)c1. The lowest BCUT2D eigenvalue weighted by atomic mass is 9.75. The minimum absolute atomic E-state index is 0.0933. The van der Waals surface area contributed by atoms with Gasteiger partial charge in [0.1, 0.15) is 0 Å². The summed E-state index contributed by atoms with van der Waals surface area (Å²) in [5.74, 6) is 0.346. The number of carbonyl (C=O) groups is 1. The molecule has 2 fully saturated rings. The smallest absolute Gasteiger partial charge is 0.231 e. The molecular formula is C25H30N6O. The zero-order valence-electron chi connectivity index (χ0n) is 18.8. The summed E-state index contributed by atoms with van der Waals surface area (Å²) in [6.45, 7) is 8.12. The van der Waals surface area contributed by atoms with Gasteiger partial charge in [-0.25, -0.2) is 4.98 Å². The highest BCUT2D eigenvalue weighted by atomic mass is 16.2. The summed E-state index contributed by atoms with van der Waals surface area (Å²) in [5, 5.41) is 0. The van der Waals surface area contributed by atoms with Gasteiger partial charge in [-0.2, -0.15) is 0 Å². The number of hydrogen-bond acceptors (Lipinski definition) is 5. The topological polar surface area (TPSA) is 67.2 Å². The number of aromatic nitrogens is 4. The van der Waals surface area contributed by atoms with Crippen molar-refractivity contribution in [3.63, 3.8) is 0 Å². The van der Waals surface area contributed by atoms with E-state index in [0.717, 1.165) is 43.9 Å². The van der Waals surface area contributed by atoms with Crippen molar-refractivity contribution in [1.82, 2.24) is 29.3 Å². The molecule has 5 heterocycles. The maximum atomic E-state index is 13.9. The van der Waals surface area contributed by atoms with E-state index in [1.54, 1.807) is 6.20 Å². The molecule has 3 aromatic heterocycles. The van der Waals surface area contributed by atoms with Gasteiger partial charge in [-0.15, -0.1) is 0 Å². The van der Waals surface area contributed by atoms with Crippen LogP contribution in [-0.2, 0) is 17.9 Å². The second-order valence-corrected chi connectivity index (χ2v) is 9.41. The summed E-state index contributed by atoms with van der Waals surface area (Å²) in [6, 6.07) is 8.43. The lowest BCUT2D eigenvalue weighted by Gasteiger charge is -2.28. The lowest BCUT2D eigenvalue weighted by molar-refractivity contribution is -0.136. The van der Waals surface area contributed by atoms with Crippen LogP contribution in [0.25, 0.3) is 0 Å². The van der Waals surface area contributed by atoms with Gasteiger partial charge in [-0.05, 0) is 49.6 Å². The standard InChI is InChI=1S/C25H30N6O/c1-19(2)31-16-23(28-18-31)22-15-29(13-20-5-9-26-10-6-20)17-25(22)7-11-30(24(25)32)14-21-4-3-8-27-12-21/h3-6,8-10,12,16,18-19,22H,7,11,13-15,17H2,1-2H3/t22-,25-/m1/s1. The second kappa shape index (κ2) is 8.47. The van der Waals surface area contributed by atoms with Crippen molar-refractivity contribution in [1.29, 1.82) is 0 Å². The van der Waals surface area contributed by atoms with Gasteiger partial charge >= 0.3 is 0 Å². The normalized spacial score (nSPS) is 23.7. The molecule has 166 valence electrons. The summed E-state index contributed by atoms with van der Waals surface area (Å²) in [6.07, 6.45) is 12.2. The average Bonchev–Trinajstić information content (AvgIpc) is 3.50. The van der Waals surface area contributed by atoms with Crippen molar-refractivity contribution in [2.75, 3.05) is 19.6 Å². The molecule has 1 amide bonds. The molecule has 1 spiro atoms. The first-order valence-electron chi connectivity index (χ1n) is 11.4. The third kappa shape index (κ3) is 3.81. The summed E-state index contributed by atoms with van der Waals surface area (Å²) in [4.78, 5) is 31.4. The number of amides is 1. The fourth-order valence-corrected chi connectivity index (χ4v) is 5.26. The third-order valence-electron chi connectivity index (χ3n) is 6.98. The molecule has 7 nitrogen and oxygen atoms in total. The lowest BCUT2D eigenvalue weighted by Crippen LogP contribution is -2.39. The predicted octanol–water partition coefficient (Wildman–Crippen LogP) is 3.27. The molecule has 5 rings (SSSR count). The van der Waals surface area contributed by atoms with Crippen LogP contribution in [0.4, 0.5) is 0 Å². The predicted molar refractivity (Wildman–Crippen MR) is 122 cm³/mol. The summed E-state index contributed by atoms with van der Waals surface area (Å²) >= 11 is 0. The van der Waals surface area contributed by atoms with Crippen LogP contribution >= 0.6 is 0 Å². The average molecular weight is 431 g/mol. The van der Waals surface area contributed by atoms with Crippen molar-refractivity contribution in [2.24, 2.45) is 5.41 Å². The molecular weight excluding hydrogens is 400 g/mol.